The minimum absolute atomic E-state index is 0.00998. The number of furan rings is 1. The predicted molar refractivity (Wildman–Crippen MR) is 149 cm³/mol. The van der Waals surface area contributed by atoms with Crippen LogP contribution in [0.15, 0.2) is 77.3 Å². The summed E-state index contributed by atoms with van der Waals surface area (Å²) in [6.45, 7) is 3.79. The van der Waals surface area contributed by atoms with Crippen LogP contribution in [0.3, 0.4) is 0 Å². The van der Waals surface area contributed by atoms with Gasteiger partial charge in [-0.15, -0.1) is 0 Å². The number of halogens is 3. The lowest BCUT2D eigenvalue weighted by molar-refractivity contribution is -0.137. The lowest BCUT2D eigenvalue weighted by Gasteiger charge is -2.33. The van der Waals surface area contributed by atoms with Crippen LogP contribution in [0.1, 0.15) is 41.1 Å². The number of rotatable bonds is 7. The summed E-state index contributed by atoms with van der Waals surface area (Å²) < 4.78 is 50.6. The molecule has 1 unspecified atom stereocenters. The Bertz CT molecular complexity index is 1480. The molecule has 7 nitrogen and oxygen atoms in total. The number of alkyl halides is 3. The topological polar surface area (TPSA) is 70.8 Å². The second-order valence-electron chi connectivity index (χ2n) is 10.7. The zero-order valence-corrected chi connectivity index (χ0v) is 22.4. The summed E-state index contributed by atoms with van der Waals surface area (Å²) in [6, 6.07) is 18.5. The van der Waals surface area contributed by atoms with Crippen LogP contribution in [0.4, 0.5) is 18.9 Å². The van der Waals surface area contributed by atoms with E-state index in [1.807, 2.05) is 36.4 Å². The van der Waals surface area contributed by atoms with Gasteiger partial charge in [0, 0.05) is 68.9 Å². The third kappa shape index (κ3) is 6.48. The van der Waals surface area contributed by atoms with E-state index in [-0.39, 0.29) is 23.8 Å². The number of pyridine rings is 1. The number of anilines is 1. The van der Waals surface area contributed by atoms with Crippen molar-refractivity contribution < 1.29 is 27.1 Å². The molecular weight excluding hydrogens is 533 g/mol. The van der Waals surface area contributed by atoms with E-state index >= 15 is 0 Å². The lowest BCUT2D eigenvalue weighted by atomic mass is 10.1. The number of nitrogens with one attached hydrogen (secondary N) is 1. The molecule has 0 aliphatic carbocycles. The van der Waals surface area contributed by atoms with Gasteiger partial charge in [0.2, 0.25) is 0 Å². The average molecular weight is 565 g/mol. The first-order valence-corrected chi connectivity index (χ1v) is 13.9. The smallest absolute Gasteiger partial charge is 0.416 e. The summed E-state index contributed by atoms with van der Waals surface area (Å²) in [6.07, 6.45) is -0.191. The molecule has 2 saturated heterocycles. The molecule has 6 rings (SSSR count). The normalized spacial score (nSPS) is 18.6. The van der Waals surface area contributed by atoms with E-state index in [4.69, 9.17) is 9.15 Å². The molecule has 2 aromatic carbocycles. The van der Waals surface area contributed by atoms with Crippen LogP contribution in [0.25, 0.3) is 11.0 Å². The van der Waals surface area contributed by atoms with Crippen LogP contribution in [-0.4, -0.2) is 54.1 Å². The highest BCUT2D eigenvalue weighted by Crippen LogP contribution is 2.32. The molecule has 2 aromatic heterocycles. The number of piperidine rings is 1. The number of carbonyl (C=O) groups is 1. The molecular formula is C31H31F3N4O3. The summed E-state index contributed by atoms with van der Waals surface area (Å²) in [5, 5.41) is 3.88. The van der Waals surface area contributed by atoms with Crippen molar-refractivity contribution in [2.45, 2.75) is 44.1 Å². The van der Waals surface area contributed by atoms with Gasteiger partial charge in [-0.25, -0.2) is 0 Å². The van der Waals surface area contributed by atoms with Crippen molar-refractivity contribution in [2.24, 2.45) is 0 Å². The Balaban J connectivity index is 1.01. The Morgan fingerprint density at radius 2 is 1.80 bits per heavy atom. The maximum Gasteiger partial charge on any atom is 0.416 e. The van der Waals surface area contributed by atoms with Gasteiger partial charge in [0.05, 0.1) is 11.3 Å². The van der Waals surface area contributed by atoms with Crippen molar-refractivity contribution in [3.8, 4) is 5.75 Å². The molecule has 0 spiro atoms. The highest BCUT2D eigenvalue weighted by Gasteiger charge is 2.30. The van der Waals surface area contributed by atoms with Crippen LogP contribution in [0, 0.1) is 0 Å². The van der Waals surface area contributed by atoms with Crippen LogP contribution in [0.5, 0.6) is 5.75 Å². The molecule has 2 aliphatic rings. The zero-order chi connectivity index (χ0) is 28.4. The quantitative estimate of drug-likeness (QED) is 0.302. The fourth-order valence-electron chi connectivity index (χ4n) is 5.56. The number of carbonyl (C=O) groups excluding carboxylic acids is 1. The molecule has 1 atom stereocenters. The van der Waals surface area contributed by atoms with Crippen molar-refractivity contribution in [1.29, 1.82) is 0 Å². The third-order valence-electron chi connectivity index (χ3n) is 7.74. The van der Waals surface area contributed by atoms with Crippen molar-refractivity contribution in [2.75, 3.05) is 31.1 Å². The zero-order valence-electron chi connectivity index (χ0n) is 22.4. The van der Waals surface area contributed by atoms with Crippen molar-refractivity contribution in [3.63, 3.8) is 0 Å². The Morgan fingerprint density at radius 3 is 2.54 bits per heavy atom. The second-order valence-corrected chi connectivity index (χ2v) is 10.7. The maximum absolute atomic E-state index is 12.9. The number of fused-ring (bicyclic) bond motifs is 1. The number of ether oxygens (including phenoxy) is 1. The maximum atomic E-state index is 12.9. The Morgan fingerprint density at radius 1 is 1.00 bits per heavy atom. The number of hydrogen-bond donors (Lipinski definition) is 1. The molecule has 1 N–H and O–H groups in total. The van der Waals surface area contributed by atoms with E-state index in [1.54, 1.807) is 12.3 Å². The molecule has 1 amide bonds. The Hall–Kier alpha value is -4.05. The summed E-state index contributed by atoms with van der Waals surface area (Å²) in [4.78, 5) is 21.7. The van der Waals surface area contributed by atoms with E-state index in [0.717, 1.165) is 67.8 Å². The standard InChI is InChI=1S/C31H31F3N4O3/c32-31(33,34)22-4-6-25(7-5-22)38-15-11-26(12-16-38)40-27-8-9-28-21(17-27)18-29(41-28)30(39)36-24-10-14-37(20-24)19-23-3-1-2-13-35-23/h1-9,13,17-18,24,26H,10-12,14-16,19-20H2,(H,36,39). The highest BCUT2D eigenvalue weighted by atomic mass is 19.4. The summed E-state index contributed by atoms with van der Waals surface area (Å²) in [7, 11) is 0. The first kappa shape index (κ1) is 27.1. The molecule has 10 heteroatoms. The minimum Gasteiger partial charge on any atom is -0.490 e. The molecule has 2 aliphatic heterocycles. The molecule has 0 radical (unpaired) electrons. The predicted octanol–water partition coefficient (Wildman–Crippen LogP) is 5.90. The van der Waals surface area contributed by atoms with Gasteiger partial charge in [0.25, 0.3) is 5.91 Å². The van der Waals surface area contributed by atoms with Gasteiger partial charge in [0.1, 0.15) is 17.4 Å². The molecule has 4 aromatic rings. The molecule has 0 bridgehead atoms. The van der Waals surface area contributed by atoms with Crippen molar-refractivity contribution in [3.05, 3.63) is 89.9 Å². The van der Waals surface area contributed by atoms with Gasteiger partial charge in [-0.05, 0) is 67.1 Å². The average Bonchev–Trinajstić information content (AvgIpc) is 3.60. The monoisotopic (exact) mass is 564 g/mol. The van der Waals surface area contributed by atoms with Gasteiger partial charge >= 0.3 is 6.18 Å². The molecule has 0 saturated carbocycles. The Kier molecular flexibility index (Phi) is 7.57. The van der Waals surface area contributed by atoms with Crippen molar-refractivity contribution in [1.82, 2.24) is 15.2 Å². The lowest BCUT2D eigenvalue weighted by Crippen LogP contribution is -2.38. The van der Waals surface area contributed by atoms with E-state index in [0.29, 0.717) is 24.4 Å². The largest absolute Gasteiger partial charge is 0.490 e. The molecule has 2 fully saturated rings. The Labute approximate surface area is 235 Å². The first-order chi connectivity index (χ1) is 19.8. The number of nitrogens with zero attached hydrogens (tertiary/aromatic N) is 3. The third-order valence-corrected chi connectivity index (χ3v) is 7.74. The summed E-state index contributed by atoms with van der Waals surface area (Å²) in [5.74, 6) is 0.730. The fourth-order valence-corrected chi connectivity index (χ4v) is 5.56. The number of aromatic nitrogens is 1. The van der Waals surface area contributed by atoms with Gasteiger partial charge in [-0.2, -0.15) is 13.2 Å². The van der Waals surface area contributed by atoms with Gasteiger partial charge in [-0.1, -0.05) is 6.07 Å². The molecule has 41 heavy (non-hydrogen) atoms. The van der Waals surface area contributed by atoms with Gasteiger partial charge in [-0.3, -0.25) is 14.7 Å². The van der Waals surface area contributed by atoms with Crippen LogP contribution in [-0.2, 0) is 12.7 Å². The SMILES string of the molecule is O=C(NC1CCN(Cc2ccccn2)C1)c1cc2cc(OC3CCN(c4ccc(C(F)(F)F)cc4)CC3)ccc2o1. The van der Waals surface area contributed by atoms with Gasteiger partial charge < -0.3 is 19.4 Å². The van der Waals surface area contributed by atoms with E-state index in [2.05, 4.69) is 20.1 Å². The summed E-state index contributed by atoms with van der Waals surface area (Å²) in [5.41, 5.74) is 1.76. The van der Waals surface area contributed by atoms with Crippen LogP contribution in [0.2, 0.25) is 0 Å². The van der Waals surface area contributed by atoms with Crippen LogP contribution < -0.4 is 15.0 Å². The minimum atomic E-state index is -4.33. The molecule has 4 heterocycles. The number of hydrogen-bond acceptors (Lipinski definition) is 6. The second kappa shape index (κ2) is 11.4. The first-order valence-electron chi connectivity index (χ1n) is 13.9. The summed E-state index contributed by atoms with van der Waals surface area (Å²) >= 11 is 0. The van der Waals surface area contributed by atoms with E-state index in [1.165, 1.54) is 12.1 Å². The number of amides is 1. The highest BCUT2D eigenvalue weighted by molar-refractivity contribution is 5.96. The van der Waals surface area contributed by atoms with E-state index < -0.39 is 11.7 Å². The van der Waals surface area contributed by atoms with Gasteiger partial charge in [0.15, 0.2) is 5.76 Å². The van der Waals surface area contributed by atoms with Crippen molar-refractivity contribution >= 4 is 22.6 Å². The number of likely N-dealkylation sites (tertiary alicyclic amines) is 1. The molecule has 214 valence electrons. The van der Waals surface area contributed by atoms with E-state index in [9.17, 15) is 18.0 Å². The fraction of sp³-hybridized carbons (Fsp3) is 0.355. The number of benzene rings is 2. The van der Waals surface area contributed by atoms with Crippen LogP contribution >= 0.6 is 0 Å².